The highest BCUT2D eigenvalue weighted by Crippen LogP contribution is 2.39. The second-order valence-electron chi connectivity index (χ2n) is 6.40. The number of Topliss-reactive ketones (excluding diaryl/α,β-unsaturated/α-hetero) is 1. The molecule has 2 unspecified atom stereocenters. The summed E-state index contributed by atoms with van der Waals surface area (Å²) in [4.78, 5) is 21.3. The standard InChI is InChI=1S/C18H19ClN2O2S/c1-10(2)14-9-24-17(20-14)16-21-15(11(3)22)18(4,23-16)12-5-7-13(19)8-6-12/h5-10,15H,1-4H3. The van der Waals surface area contributed by atoms with Gasteiger partial charge in [0.2, 0.25) is 5.90 Å². The first-order valence-electron chi connectivity index (χ1n) is 7.80. The second-order valence-corrected chi connectivity index (χ2v) is 7.69. The molecule has 1 aromatic carbocycles. The average Bonchev–Trinajstić information content (AvgIpc) is 3.13. The zero-order valence-electron chi connectivity index (χ0n) is 14.0. The Hall–Kier alpha value is -1.72. The topological polar surface area (TPSA) is 51.5 Å². The van der Waals surface area contributed by atoms with Gasteiger partial charge >= 0.3 is 0 Å². The Morgan fingerprint density at radius 1 is 1.33 bits per heavy atom. The summed E-state index contributed by atoms with van der Waals surface area (Å²) in [6.07, 6.45) is 0. The second kappa shape index (κ2) is 6.30. The molecule has 2 atom stereocenters. The third-order valence-electron chi connectivity index (χ3n) is 4.18. The summed E-state index contributed by atoms with van der Waals surface area (Å²) < 4.78 is 6.16. The average molecular weight is 363 g/mol. The highest BCUT2D eigenvalue weighted by Gasteiger charge is 2.47. The summed E-state index contributed by atoms with van der Waals surface area (Å²) in [6, 6.07) is 6.73. The minimum Gasteiger partial charge on any atom is -0.462 e. The Kier molecular flexibility index (Phi) is 4.49. The van der Waals surface area contributed by atoms with Crippen molar-refractivity contribution >= 4 is 34.6 Å². The van der Waals surface area contributed by atoms with E-state index in [0.29, 0.717) is 21.8 Å². The summed E-state index contributed by atoms with van der Waals surface area (Å²) in [5.41, 5.74) is 1.02. The Bertz CT molecular complexity index is 798. The zero-order valence-corrected chi connectivity index (χ0v) is 15.6. The van der Waals surface area contributed by atoms with Gasteiger partial charge in [0, 0.05) is 10.4 Å². The first-order chi connectivity index (χ1) is 11.3. The van der Waals surface area contributed by atoms with Crippen LogP contribution >= 0.6 is 22.9 Å². The van der Waals surface area contributed by atoms with Gasteiger partial charge in [-0.25, -0.2) is 9.98 Å². The van der Waals surface area contributed by atoms with E-state index in [-0.39, 0.29) is 5.78 Å². The number of hydrogen-bond donors (Lipinski definition) is 0. The van der Waals surface area contributed by atoms with Crippen LogP contribution in [0.2, 0.25) is 5.02 Å². The van der Waals surface area contributed by atoms with E-state index in [0.717, 1.165) is 11.3 Å². The number of halogens is 1. The van der Waals surface area contributed by atoms with Gasteiger partial charge in [0.25, 0.3) is 0 Å². The van der Waals surface area contributed by atoms with Gasteiger partial charge in [-0.05, 0) is 37.5 Å². The Labute approximate surface area is 150 Å². The van der Waals surface area contributed by atoms with E-state index in [1.54, 1.807) is 12.1 Å². The normalized spacial score (nSPS) is 23.2. The van der Waals surface area contributed by atoms with Crippen LogP contribution in [0.5, 0.6) is 0 Å². The minimum absolute atomic E-state index is 0.0388. The van der Waals surface area contributed by atoms with Crippen molar-refractivity contribution in [2.45, 2.75) is 45.3 Å². The number of carbonyl (C=O) groups excluding carboxylic acids is 1. The zero-order chi connectivity index (χ0) is 17.5. The molecular weight excluding hydrogens is 344 g/mol. The summed E-state index contributed by atoms with van der Waals surface area (Å²) in [5.74, 6) is 0.732. The van der Waals surface area contributed by atoms with Crippen molar-refractivity contribution in [3.63, 3.8) is 0 Å². The van der Waals surface area contributed by atoms with Gasteiger partial charge in [0.05, 0.1) is 5.69 Å². The van der Waals surface area contributed by atoms with Crippen LogP contribution in [0.15, 0.2) is 34.6 Å². The number of benzene rings is 1. The fraction of sp³-hybridized carbons (Fsp3) is 0.389. The van der Waals surface area contributed by atoms with E-state index < -0.39 is 11.6 Å². The van der Waals surface area contributed by atoms with Crippen LogP contribution in [0.4, 0.5) is 0 Å². The SMILES string of the molecule is CC(=O)C1N=C(c2nc(C(C)C)cs2)OC1(C)c1ccc(Cl)cc1. The molecule has 0 bridgehead atoms. The fourth-order valence-corrected chi connectivity index (χ4v) is 3.78. The van der Waals surface area contributed by atoms with Crippen LogP contribution in [0.1, 0.15) is 49.9 Å². The van der Waals surface area contributed by atoms with Gasteiger partial charge in [-0.2, -0.15) is 0 Å². The first-order valence-corrected chi connectivity index (χ1v) is 9.06. The molecule has 126 valence electrons. The van der Waals surface area contributed by atoms with E-state index in [9.17, 15) is 4.79 Å². The van der Waals surface area contributed by atoms with Crippen LogP contribution in [-0.4, -0.2) is 22.7 Å². The van der Waals surface area contributed by atoms with Crippen LogP contribution < -0.4 is 0 Å². The third-order valence-corrected chi connectivity index (χ3v) is 5.28. The minimum atomic E-state index is -0.852. The maximum atomic E-state index is 12.2. The number of rotatable bonds is 4. The largest absolute Gasteiger partial charge is 0.462 e. The van der Waals surface area contributed by atoms with Gasteiger partial charge in [0.1, 0.15) is 0 Å². The lowest BCUT2D eigenvalue weighted by molar-refractivity contribution is -0.121. The highest BCUT2D eigenvalue weighted by molar-refractivity contribution is 7.11. The summed E-state index contributed by atoms with van der Waals surface area (Å²) in [5, 5.41) is 3.36. The van der Waals surface area contributed by atoms with Crippen molar-refractivity contribution in [3.05, 3.63) is 50.9 Å². The summed E-state index contributed by atoms with van der Waals surface area (Å²) in [6.45, 7) is 7.60. The van der Waals surface area contributed by atoms with Crippen molar-refractivity contribution < 1.29 is 9.53 Å². The van der Waals surface area contributed by atoms with E-state index >= 15 is 0 Å². The van der Waals surface area contributed by atoms with E-state index in [1.807, 2.05) is 24.4 Å². The fourth-order valence-electron chi connectivity index (χ4n) is 2.75. The van der Waals surface area contributed by atoms with Crippen molar-refractivity contribution in [1.82, 2.24) is 4.98 Å². The first kappa shape index (κ1) is 17.1. The molecule has 1 aliphatic rings. The smallest absolute Gasteiger partial charge is 0.247 e. The number of hydrogen-bond acceptors (Lipinski definition) is 5. The summed E-state index contributed by atoms with van der Waals surface area (Å²) in [7, 11) is 0. The predicted molar refractivity (Wildman–Crippen MR) is 97.1 cm³/mol. The lowest BCUT2D eigenvalue weighted by atomic mass is 9.87. The maximum absolute atomic E-state index is 12.2. The Morgan fingerprint density at radius 3 is 2.54 bits per heavy atom. The van der Waals surface area contributed by atoms with Gasteiger partial charge < -0.3 is 4.74 Å². The van der Waals surface area contributed by atoms with Gasteiger partial charge in [0.15, 0.2) is 22.4 Å². The molecule has 2 aromatic rings. The molecule has 1 aromatic heterocycles. The monoisotopic (exact) mass is 362 g/mol. The molecule has 3 rings (SSSR count). The molecule has 2 heterocycles. The maximum Gasteiger partial charge on any atom is 0.247 e. The number of thiazole rings is 1. The molecule has 0 saturated carbocycles. The number of carbonyl (C=O) groups is 1. The van der Waals surface area contributed by atoms with E-state index in [2.05, 4.69) is 23.8 Å². The van der Waals surface area contributed by atoms with E-state index in [4.69, 9.17) is 16.3 Å². The van der Waals surface area contributed by atoms with E-state index in [1.165, 1.54) is 18.3 Å². The molecule has 0 spiro atoms. The van der Waals surface area contributed by atoms with Crippen LogP contribution in [-0.2, 0) is 15.1 Å². The molecule has 0 aliphatic carbocycles. The molecular formula is C18H19ClN2O2S. The quantitative estimate of drug-likeness (QED) is 0.800. The predicted octanol–water partition coefficient (Wildman–Crippen LogP) is 4.57. The van der Waals surface area contributed by atoms with Gasteiger partial charge in [-0.15, -0.1) is 11.3 Å². The number of aliphatic imine (C=N–C) groups is 1. The number of ketones is 1. The number of ether oxygens (including phenoxy) is 1. The number of nitrogens with zero attached hydrogens (tertiary/aromatic N) is 2. The van der Waals surface area contributed by atoms with Crippen LogP contribution in [0.25, 0.3) is 0 Å². The Balaban J connectivity index is 1.98. The van der Waals surface area contributed by atoms with Gasteiger partial charge in [-0.1, -0.05) is 37.6 Å². The van der Waals surface area contributed by atoms with Crippen LogP contribution in [0, 0.1) is 0 Å². The van der Waals surface area contributed by atoms with Crippen molar-refractivity contribution in [2.75, 3.05) is 0 Å². The molecule has 4 nitrogen and oxygen atoms in total. The molecule has 0 amide bonds. The molecule has 1 aliphatic heterocycles. The number of aromatic nitrogens is 1. The van der Waals surface area contributed by atoms with Crippen LogP contribution in [0.3, 0.4) is 0 Å². The van der Waals surface area contributed by atoms with Crippen molar-refractivity contribution in [3.8, 4) is 0 Å². The lowest BCUT2D eigenvalue weighted by Gasteiger charge is -2.28. The van der Waals surface area contributed by atoms with Gasteiger partial charge in [-0.3, -0.25) is 4.79 Å². The summed E-state index contributed by atoms with van der Waals surface area (Å²) >= 11 is 7.46. The molecule has 24 heavy (non-hydrogen) atoms. The van der Waals surface area contributed by atoms with Crippen molar-refractivity contribution in [2.24, 2.45) is 4.99 Å². The molecule has 0 radical (unpaired) electrons. The lowest BCUT2D eigenvalue weighted by Crippen LogP contribution is -2.38. The third kappa shape index (κ3) is 2.98. The highest BCUT2D eigenvalue weighted by atomic mass is 35.5. The molecule has 0 N–H and O–H groups in total. The molecule has 0 saturated heterocycles. The van der Waals surface area contributed by atoms with Crippen molar-refractivity contribution in [1.29, 1.82) is 0 Å². The molecule has 6 heteroatoms. The Morgan fingerprint density at radius 2 is 2.00 bits per heavy atom. The molecule has 0 fully saturated rings.